The molecule has 4 nitrogen and oxygen atoms in total. The highest BCUT2D eigenvalue weighted by atomic mass is 15.1. The van der Waals surface area contributed by atoms with Gasteiger partial charge >= 0.3 is 0 Å². The lowest BCUT2D eigenvalue weighted by Gasteiger charge is -2.11. The van der Waals surface area contributed by atoms with Gasteiger partial charge in [-0.05, 0) is 18.6 Å². The van der Waals surface area contributed by atoms with Crippen LogP contribution in [0, 0.1) is 6.92 Å². The minimum atomic E-state index is 0.477. The third-order valence-corrected chi connectivity index (χ3v) is 2.93. The Hall–Kier alpha value is -1.68. The van der Waals surface area contributed by atoms with E-state index in [1.807, 2.05) is 24.8 Å². The molecule has 2 rings (SSSR count). The maximum atomic E-state index is 4.42. The third kappa shape index (κ3) is 3.17. The maximum Gasteiger partial charge on any atom is 0.0952 e. The topological polar surface area (TPSA) is 42.7 Å². The molecule has 0 saturated carbocycles. The average Bonchev–Trinajstić information content (AvgIpc) is 2.77. The largest absolute Gasteiger partial charge is 0.327 e. The van der Waals surface area contributed by atoms with Gasteiger partial charge in [0.25, 0.3) is 0 Å². The summed E-state index contributed by atoms with van der Waals surface area (Å²) in [7, 11) is 0. The van der Waals surface area contributed by atoms with Gasteiger partial charge in [0, 0.05) is 25.0 Å². The summed E-state index contributed by atoms with van der Waals surface area (Å²) in [4.78, 5) is 8.64. The molecule has 0 aliphatic rings. The number of aryl methyl sites for hydroxylation is 1. The molecule has 0 bridgehead atoms. The van der Waals surface area contributed by atoms with Crippen LogP contribution in [0.4, 0.5) is 0 Å². The second kappa shape index (κ2) is 5.78. The molecule has 0 unspecified atom stereocenters. The van der Waals surface area contributed by atoms with Crippen molar-refractivity contribution in [3.8, 4) is 0 Å². The number of rotatable bonds is 5. The zero-order valence-electron chi connectivity index (χ0n) is 11.2. The molecule has 0 atom stereocenters. The Kier molecular flexibility index (Phi) is 4.10. The number of nitrogens with zero attached hydrogens (tertiary/aromatic N) is 3. The minimum absolute atomic E-state index is 0.477. The van der Waals surface area contributed by atoms with Crippen LogP contribution >= 0.6 is 0 Å². The standard InChI is InChI=1S/C14H20N4/c1-11(2)17-8-13-7-15-10-18(13)9-14-12(3)5-4-6-16-14/h4-7,10-11,17H,8-9H2,1-3H3. The number of hydrogen-bond donors (Lipinski definition) is 1. The summed E-state index contributed by atoms with van der Waals surface area (Å²) in [6.07, 6.45) is 5.62. The molecular weight excluding hydrogens is 224 g/mol. The molecule has 1 N–H and O–H groups in total. The van der Waals surface area contributed by atoms with Crippen LogP contribution in [-0.2, 0) is 13.1 Å². The van der Waals surface area contributed by atoms with Gasteiger partial charge in [-0.3, -0.25) is 4.98 Å². The predicted octanol–water partition coefficient (Wildman–Crippen LogP) is 2.13. The quantitative estimate of drug-likeness (QED) is 0.876. The summed E-state index contributed by atoms with van der Waals surface area (Å²) in [6, 6.07) is 4.53. The molecule has 0 amide bonds. The van der Waals surface area contributed by atoms with Crippen molar-refractivity contribution in [2.45, 2.75) is 39.9 Å². The lowest BCUT2D eigenvalue weighted by atomic mass is 10.2. The lowest BCUT2D eigenvalue weighted by molar-refractivity contribution is 0.563. The van der Waals surface area contributed by atoms with Gasteiger partial charge in [-0.2, -0.15) is 0 Å². The van der Waals surface area contributed by atoms with Gasteiger partial charge in [-0.15, -0.1) is 0 Å². The molecule has 2 aromatic rings. The van der Waals surface area contributed by atoms with Crippen LogP contribution in [0.3, 0.4) is 0 Å². The Morgan fingerprint density at radius 3 is 2.94 bits per heavy atom. The second-order valence-electron chi connectivity index (χ2n) is 4.82. The smallest absolute Gasteiger partial charge is 0.0952 e. The molecule has 2 heterocycles. The first-order chi connectivity index (χ1) is 8.66. The Balaban J connectivity index is 2.10. The fourth-order valence-electron chi connectivity index (χ4n) is 1.79. The predicted molar refractivity (Wildman–Crippen MR) is 72.3 cm³/mol. The third-order valence-electron chi connectivity index (χ3n) is 2.93. The first-order valence-electron chi connectivity index (χ1n) is 6.29. The Morgan fingerprint density at radius 1 is 1.39 bits per heavy atom. The zero-order chi connectivity index (χ0) is 13.0. The van der Waals surface area contributed by atoms with Crippen LogP contribution in [0.5, 0.6) is 0 Å². The molecule has 0 aliphatic heterocycles. The van der Waals surface area contributed by atoms with E-state index in [2.05, 4.69) is 46.7 Å². The molecule has 0 aromatic carbocycles. The van der Waals surface area contributed by atoms with Gasteiger partial charge in [0.15, 0.2) is 0 Å². The van der Waals surface area contributed by atoms with Crippen molar-refractivity contribution in [1.82, 2.24) is 19.9 Å². The first kappa shape index (κ1) is 12.8. The van der Waals surface area contributed by atoms with Crippen molar-refractivity contribution < 1.29 is 0 Å². The van der Waals surface area contributed by atoms with Crippen molar-refractivity contribution in [3.05, 3.63) is 47.8 Å². The number of imidazole rings is 1. The number of aromatic nitrogens is 3. The van der Waals surface area contributed by atoms with Gasteiger partial charge in [0.05, 0.1) is 24.3 Å². The summed E-state index contributed by atoms with van der Waals surface area (Å²) < 4.78 is 2.14. The summed E-state index contributed by atoms with van der Waals surface area (Å²) in [6.45, 7) is 7.99. The SMILES string of the molecule is Cc1cccnc1Cn1cncc1CNC(C)C. The molecule has 2 aromatic heterocycles. The summed E-state index contributed by atoms with van der Waals surface area (Å²) in [5, 5.41) is 3.41. The van der Waals surface area contributed by atoms with Crippen molar-refractivity contribution in [2.24, 2.45) is 0 Å². The van der Waals surface area contributed by atoms with Crippen LogP contribution in [0.15, 0.2) is 30.9 Å². The first-order valence-corrected chi connectivity index (χ1v) is 6.29. The molecule has 18 heavy (non-hydrogen) atoms. The van der Waals surface area contributed by atoms with E-state index in [1.54, 1.807) is 0 Å². The fourth-order valence-corrected chi connectivity index (χ4v) is 1.79. The monoisotopic (exact) mass is 244 g/mol. The molecule has 0 aliphatic carbocycles. The molecule has 4 heteroatoms. The van der Waals surface area contributed by atoms with Crippen molar-refractivity contribution in [1.29, 1.82) is 0 Å². The van der Waals surface area contributed by atoms with E-state index < -0.39 is 0 Å². The fraction of sp³-hybridized carbons (Fsp3) is 0.429. The highest BCUT2D eigenvalue weighted by molar-refractivity contribution is 5.18. The number of hydrogen-bond acceptors (Lipinski definition) is 3. The van der Waals surface area contributed by atoms with Crippen LogP contribution in [0.25, 0.3) is 0 Å². The minimum Gasteiger partial charge on any atom is -0.327 e. The Labute approximate surface area is 108 Å². The Bertz CT molecular complexity index is 502. The van der Waals surface area contributed by atoms with E-state index in [9.17, 15) is 0 Å². The van der Waals surface area contributed by atoms with Crippen LogP contribution in [0.2, 0.25) is 0 Å². The summed E-state index contributed by atoms with van der Waals surface area (Å²) in [5.41, 5.74) is 3.50. The van der Waals surface area contributed by atoms with Gasteiger partial charge in [-0.25, -0.2) is 4.98 Å². The highest BCUT2D eigenvalue weighted by Crippen LogP contribution is 2.08. The van der Waals surface area contributed by atoms with E-state index in [1.165, 1.54) is 11.3 Å². The van der Waals surface area contributed by atoms with Crippen molar-refractivity contribution >= 4 is 0 Å². The molecule has 0 radical (unpaired) electrons. The van der Waals surface area contributed by atoms with E-state index in [0.717, 1.165) is 18.8 Å². The number of pyridine rings is 1. The highest BCUT2D eigenvalue weighted by Gasteiger charge is 2.05. The Morgan fingerprint density at radius 2 is 2.22 bits per heavy atom. The molecule has 0 fully saturated rings. The molecular formula is C14H20N4. The zero-order valence-corrected chi connectivity index (χ0v) is 11.2. The maximum absolute atomic E-state index is 4.42. The molecule has 96 valence electrons. The average molecular weight is 244 g/mol. The lowest BCUT2D eigenvalue weighted by Crippen LogP contribution is -2.23. The van der Waals surface area contributed by atoms with E-state index in [-0.39, 0.29) is 0 Å². The normalized spacial score (nSPS) is 11.1. The van der Waals surface area contributed by atoms with Crippen LogP contribution in [0.1, 0.15) is 30.8 Å². The van der Waals surface area contributed by atoms with E-state index >= 15 is 0 Å². The number of nitrogens with one attached hydrogen (secondary N) is 1. The van der Waals surface area contributed by atoms with E-state index in [0.29, 0.717) is 6.04 Å². The van der Waals surface area contributed by atoms with Gasteiger partial charge in [0.1, 0.15) is 0 Å². The molecule has 0 saturated heterocycles. The second-order valence-corrected chi connectivity index (χ2v) is 4.82. The van der Waals surface area contributed by atoms with E-state index in [4.69, 9.17) is 0 Å². The van der Waals surface area contributed by atoms with Crippen molar-refractivity contribution in [3.63, 3.8) is 0 Å². The van der Waals surface area contributed by atoms with Crippen LogP contribution in [-0.4, -0.2) is 20.6 Å². The van der Waals surface area contributed by atoms with Gasteiger partial charge in [0.2, 0.25) is 0 Å². The molecule has 0 spiro atoms. The summed E-state index contributed by atoms with van der Waals surface area (Å²) in [5.74, 6) is 0. The van der Waals surface area contributed by atoms with Gasteiger partial charge in [-0.1, -0.05) is 19.9 Å². The van der Waals surface area contributed by atoms with Crippen molar-refractivity contribution in [2.75, 3.05) is 0 Å². The van der Waals surface area contributed by atoms with Gasteiger partial charge < -0.3 is 9.88 Å². The van der Waals surface area contributed by atoms with Crippen LogP contribution < -0.4 is 5.32 Å². The summed E-state index contributed by atoms with van der Waals surface area (Å²) >= 11 is 0.